The smallest absolute Gasteiger partial charge is 0.261 e. The first-order valence-electron chi connectivity index (χ1n) is 8.59. The number of hydrogen-bond acceptors (Lipinski definition) is 6. The zero-order chi connectivity index (χ0) is 19.3. The van der Waals surface area contributed by atoms with Gasteiger partial charge in [0.25, 0.3) is 5.91 Å². The fraction of sp³-hybridized carbons (Fsp3) is 0.333. The van der Waals surface area contributed by atoms with Crippen molar-refractivity contribution in [3.05, 3.63) is 48.2 Å². The van der Waals surface area contributed by atoms with Gasteiger partial charge in [0.15, 0.2) is 0 Å². The van der Waals surface area contributed by atoms with Crippen LogP contribution in [-0.4, -0.2) is 56.5 Å². The summed E-state index contributed by atoms with van der Waals surface area (Å²) in [7, 11) is -3.64. The van der Waals surface area contributed by atoms with Crippen LogP contribution in [0, 0.1) is 0 Å². The molecule has 1 aliphatic heterocycles. The third-order valence-electron chi connectivity index (χ3n) is 4.00. The minimum Gasteiger partial charge on any atom is -0.477 e. The molecule has 0 saturated carbocycles. The van der Waals surface area contributed by atoms with Crippen molar-refractivity contribution in [2.75, 3.05) is 38.2 Å². The fourth-order valence-electron chi connectivity index (χ4n) is 2.68. The maximum absolute atomic E-state index is 12.8. The molecule has 0 aliphatic carbocycles. The van der Waals surface area contributed by atoms with E-state index < -0.39 is 15.9 Å². The highest BCUT2D eigenvalue weighted by Gasteiger charge is 2.26. The summed E-state index contributed by atoms with van der Waals surface area (Å²) in [6, 6.07) is 9.41. The minimum absolute atomic E-state index is 0.124. The molecule has 1 amide bonds. The first-order chi connectivity index (χ1) is 13.0. The number of sulfonamides is 1. The molecule has 0 atom stereocenters. The van der Waals surface area contributed by atoms with E-state index in [0.29, 0.717) is 38.6 Å². The highest BCUT2D eigenvalue weighted by Crippen LogP contribution is 2.22. The number of aromatic nitrogens is 1. The lowest BCUT2D eigenvalue weighted by Crippen LogP contribution is -2.40. The number of carbonyl (C=O) groups excluding carboxylic acids is 1. The molecule has 2 aromatic rings. The van der Waals surface area contributed by atoms with Gasteiger partial charge in [0.1, 0.15) is 5.56 Å². The SMILES string of the molecule is CCOc1ncccc1C(=O)Nc1cccc(S(=O)(=O)N2CCOCC2)c1. The van der Waals surface area contributed by atoms with E-state index in [1.807, 2.05) is 0 Å². The number of amides is 1. The number of ether oxygens (including phenoxy) is 2. The number of rotatable bonds is 6. The van der Waals surface area contributed by atoms with E-state index in [1.165, 1.54) is 22.6 Å². The Hall–Kier alpha value is -2.49. The monoisotopic (exact) mass is 391 g/mol. The zero-order valence-corrected chi connectivity index (χ0v) is 15.7. The highest BCUT2D eigenvalue weighted by atomic mass is 32.2. The quantitative estimate of drug-likeness (QED) is 0.806. The predicted octanol–water partition coefficient (Wildman–Crippen LogP) is 1.75. The van der Waals surface area contributed by atoms with E-state index in [2.05, 4.69) is 10.3 Å². The van der Waals surface area contributed by atoms with Crippen molar-refractivity contribution >= 4 is 21.6 Å². The Balaban J connectivity index is 1.81. The molecule has 1 fully saturated rings. The molecule has 3 rings (SSSR count). The number of benzene rings is 1. The van der Waals surface area contributed by atoms with E-state index in [4.69, 9.17) is 9.47 Å². The summed E-state index contributed by atoms with van der Waals surface area (Å²) in [4.78, 5) is 16.7. The second kappa shape index (κ2) is 8.47. The molecular formula is C18H21N3O5S. The van der Waals surface area contributed by atoms with Crippen LogP contribution in [0.4, 0.5) is 5.69 Å². The number of anilines is 1. The van der Waals surface area contributed by atoms with Gasteiger partial charge in [-0.1, -0.05) is 6.07 Å². The van der Waals surface area contributed by atoms with Crippen LogP contribution in [0.1, 0.15) is 17.3 Å². The van der Waals surface area contributed by atoms with Gasteiger partial charge in [-0.3, -0.25) is 4.79 Å². The standard InChI is InChI=1S/C18H21N3O5S/c1-2-26-18-16(7-4-8-19-18)17(22)20-14-5-3-6-15(13-14)27(23,24)21-9-11-25-12-10-21/h3-8,13H,2,9-12H2,1H3,(H,20,22). The van der Waals surface area contributed by atoms with Gasteiger partial charge in [-0.2, -0.15) is 4.31 Å². The lowest BCUT2D eigenvalue weighted by Gasteiger charge is -2.26. The summed E-state index contributed by atoms with van der Waals surface area (Å²) < 4.78 is 37.5. The first kappa shape index (κ1) is 19.3. The van der Waals surface area contributed by atoms with Crippen LogP contribution in [0.15, 0.2) is 47.5 Å². The molecule has 9 heteroatoms. The summed E-state index contributed by atoms with van der Waals surface area (Å²) in [6.07, 6.45) is 1.54. The van der Waals surface area contributed by atoms with Crippen LogP contribution in [0.5, 0.6) is 5.88 Å². The van der Waals surface area contributed by atoms with Crippen molar-refractivity contribution in [2.24, 2.45) is 0 Å². The van der Waals surface area contributed by atoms with E-state index in [-0.39, 0.29) is 16.3 Å². The third-order valence-corrected chi connectivity index (χ3v) is 5.89. The minimum atomic E-state index is -3.64. The van der Waals surface area contributed by atoms with E-state index in [1.54, 1.807) is 31.2 Å². The van der Waals surface area contributed by atoms with Crippen LogP contribution < -0.4 is 10.1 Å². The summed E-state index contributed by atoms with van der Waals surface area (Å²) in [6.45, 7) is 3.55. The molecule has 2 heterocycles. The summed E-state index contributed by atoms with van der Waals surface area (Å²) >= 11 is 0. The molecule has 144 valence electrons. The summed E-state index contributed by atoms with van der Waals surface area (Å²) in [5.74, 6) is -0.193. The molecule has 0 unspecified atom stereocenters. The molecule has 0 bridgehead atoms. The van der Waals surface area contributed by atoms with Crippen molar-refractivity contribution in [2.45, 2.75) is 11.8 Å². The maximum Gasteiger partial charge on any atom is 0.261 e. The molecule has 1 N–H and O–H groups in total. The van der Waals surface area contributed by atoms with Crippen molar-refractivity contribution in [1.82, 2.24) is 9.29 Å². The van der Waals surface area contributed by atoms with Crippen molar-refractivity contribution < 1.29 is 22.7 Å². The van der Waals surface area contributed by atoms with Crippen LogP contribution in [0.25, 0.3) is 0 Å². The zero-order valence-electron chi connectivity index (χ0n) is 14.9. The van der Waals surface area contributed by atoms with Crippen molar-refractivity contribution in [1.29, 1.82) is 0 Å². The lowest BCUT2D eigenvalue weighted by atomic mass is 10.2. The molecule has 27 heavy (non-hydrogen) atoms. The number of nitrogens with zero attached hydrogens (tertiary/aromatic N) is 2. The number of hydrogen-bond donors (Lipinski definition) is 1. The van der Waals surface area contributed by atoms with Crippen LogP contribution in [-0.2, 0) is 14.8 Å². The van der Waals surface area contributed by atoms with Crippen LogP contribution >= 0.6 is 0 Å². The molecule has 1 saturated heterocycles. The Morgan fingerprint density at radius 1 is 1.26 bits per heavy atom. The second-order valence-electron chi connectivity index (χ2n) is 5.79. The molecule has 0 spiro atoms. The fourth-order valence-corrected chi connectivity index (χ4v) is 4.14. The molecule has 1 aromatic carbocycles. The van der Waals surface area contributed by atoms with Gasteiger partial charge in [0, 0.05) is 25.0 Å². The number of morpholine rings is 1. The number of nitrogens with one attached hydrogen (secondary N) is 1. The van der Waals surface area contributed by atoms with Gasteiger partial charge in [-0.25, -0.2) is 13.4 Å². The Morgan fingerprint density at radius 3 is 2.78 bits per heavy atom. The molecule has 8 nitrogen and oxygen atoms in total. The average Bonchev–Trinajstić information content (AvgIpc) is 2.69. The average molecular weight is 391 g/mol. The summed E-state index contributed by atoms with van der Waals surface area (Å²) in [5.41, 5.74) is 0.654. The second-order valence-corrected chi connectivity index (χ2v) is 7.73. The Morgan fingerprint density at radius 2 is 2.04 bits per heavy atom. The van der Waals surface area contributed by atoms with Gasteiger partial charge in [0.2, 0.25) is 15.9 Å². The van der Waals surface area contributed by atoms with Crippen molar-refractivity contribution in [3.8, 4) is 5.88 Å². The molecule has 1 aliphatic rings. The van der Waals surface area contributed by atoms with Gasteiger partial charge in [0.05, 0.1) is 24.7 Å². The number of pyridine rings is 1. The van der Waals surface area contributed by atoms with E-state index >= 15 is 0 Å². The Labute approximate surface area is 158 Å². The predicted molar refractivity (Wildman–Crippen MR) is 99.4 cm³/mol. The van der Waals surface area contributed by atoms with Crippen LogP contribution in [0.2, 0.25) is 0 Å². The van der Waals surface area contributed by atoms with Gasteiger partial charge in [-0.05, 0) is 37.3 Å². The normalized spacial score (nSPS) is 15.3. The lowest BCUT2D eigenvalue weighted by molar-refractivity contribution is 0.0730. The topological polar surface area (TPSA) is 97.8 Å². The third kappa shape index (κ3) is 4.44. The first-order valence-corrected chi connectivity index (χ1v) is 10.0. The summed E-state index contributed by atoms with van der Waals surface area (Å²) in [5, 5.41) is 2.71. The maximum atomic E-state index is 12.8. The van der Waals surface area contributed by atoms with Gasteiger partial charge < -0.3 is 14.8 Å². The van der Waals surface area contributed by atoms with Crippen LogP contribution in [0.3, 0.4) is 0 Å². The van der Waals surface area contributed by atoms with E-state index in [0.717, 1.165) is 0 Å². The molecular weight excluding hydrogens is 370 g/mol. The largest absolute Gasteiger partial charge is 0.477 e. The number of carbonyl (C=O) groups is 1. The van der Waals surface area contributed by atoms with Gasteiger partial charge in [-0.15, -0.1) is 0 Å². The Bertz CT molecular complexity index is 911. The molecule has 1 aromatic heterocycles. The Kier molecular flexibility index (Phi) is 6.04. The van der Waals surface area contributed by atoms with E-state index in [9.17, 15) is 13.2 Å². The highest BCUT2D eigenvalue weighted by molar-refractivity contribution is 7.89. The van der Waals surface area contributed by atoms with Crippen molar-refractivity contribution in [3.63, 3.8) is 0 Å². The van der Waals surface area contributed by atoms with Gasteiger partial charge >= 0.3 is 0 Å². The molecule has 0 radical (unpaired) electrons.